The molecule has 0 radical (unpaired) electrons. The molecule has 0 amide bonds. The van der Waals surface area contributed by atoms with E-state index in [0.29, 0.717) is 25.7 Å². The number of methoxy groups -OCH3 is 1. The minimum atomic E-state index is -0.446. The molecular formula is C12H25NO3. The Morgan fingerprint density at radius 3 is 2.56 bits per heavy atom. The predicted octanol–water partition coefficient (Wildman–Crippen LogP) is 0.621. The van der Waals surface area contributed by atoms with Crippen molar-refractivity contribution in [2.45, 2.75) is 44.2 Å². The quantitative estimate of drug-likeness (QED) is 0.674. The minimum absolute atomic E-state index is 0.163. The van der Waals surface area contributed by atoms with Gasteiger partial charge in [0.05, 0.1) is 19.3 Å². The van der Waals surface area contributed by atoms with Crippen molar-refractivity contribution < 1.29 is 14.9 Å². The van der Waals surface area contributed by atoms with Crippen LogP contribution in [0.4, 0.5) is 0 Å². The smallest absolute Gasteiger partial charge is 0.0900 e. The molecule has 0 spiro atoms. The van der Waals surface area contributed by atoms with E-state index in [0.717, 1.165) is 0 Å². The molecule has 0 aromatic rings. The second-order valence-electron chi connectivity index (χ2n) is 4.62. The summed E-state index contributed by atoms with van der Waals surface area (Å²) >= 11 is 0. The molecule has 96 valence electrons. The van der Waals surface area contributed by atoms with E-state index in [-0.39, 0.29) is 6.61 Å². The van der Waals surface area contributed by atoms with Crippen LogP contribution < -0.4 is 0 Å². The van der Waals surface area contributed by atoms with Crippen molar-refractivity contribution in [1.82, 2.24) is 4.90 Å². The van der Waals surface area contributed by atoms with Crippen LogP contribution in [0.3, 0.4) is 0 Å². The Labute approximate surface area is 98.2 Å². The molecule has 0 saturated heterocycles. The van der Waals surface area contributed by atoms with Gasteiger partial charge in [-0.2, -0.15) is 0 Å². The molecule has 2 N–H and O–H groups in total. The van der Waals surface area contributed by atoms with Crippen molar-refractivity contribution in [2.24, 2.45) is 0 Å². The fraction of sp³-hybridized carbons (Fsp3) is 1.00. The number of nitrogens with zero attached hydrogens (tertiary/aromatic N) is 1. The molecule has 1 fully saturated rings. The molecule has 0 bridgehead atoms. The summed E-state index contributed by atoms with van der Waals surface area (Å²) in [6.45, 7) is 1.80. The zero-order chi connectivity index (χ0) is 11.8. The van der Waals surface area contributed by atoms with E-state index in [4.69, 9.17) is 9.84 Å². The SMILES string of the molecule is COCC(O)CN(CCO)C1CCCCC1. The first-order valence-electron chi connectivity index (χ1n) is 6.29. The third kappa shape index (κ3) is 4.78. The van der Waals surface area contributed by atoms with Gasteiger partial charge < -0.3 is 14.9 Å². The van der Waals surface area contributed by atoms with E-state index < -0.39 is 6.10 Å². The summed E-state index contributed by atoms with van der Waals surface area (Å²) in [6, 6.07) is 0.535. The third-order valence-corrected chi connectivity index (χ3v) is 3.28. The number of ether oxygens (including phenoxy) is 1. The Hall–Kier alpha value is -0.160. The predicted molar refractivity (Wildman–Crippen MR) is 63.4 cm³/mol. The molecule has 1 atom stereocenters. The van der Waals surface area contributed by atoms with Gasteiger partial charge in [-0.05, 0) is 12.8 Å². The lowest BCUT2D eigenvalue weighted by molar-refractivity contribution is 0.0159. The van der Waals surface area contributed by atoms with Crippen LogP contribution >= 0.6 is 0 Å². The average Bonchev–Trinajstić information content (AvgIpc) is 2.30. The molecule has 4 heteroatoms. The Kier molecular flexibility index (Phi) is 6.96. The fourth-order valence-electron chi connectivity index (χ4n) is 2.51. The van der Waals surface area contributed by atoms with Crippen LogP contribution in [0.25, 0.3) is 0 Å². The van der Waals surface area contributed by atoms with E-state index >= 15 is 0 Å². The second-order valence-corrected chi connectivity index (χ2v) is 4.62. The number of aliphatic hydroxyl groups excluding tert-OH is 2. The van der Waals surface area contributed by atoms with Crippen LogP contribution in [0.1, 0.15) is 32.1 Å². The van der Waals surface area contributed by atoms with Gasteiger partial charge in [-0.25, -0.2) is 0 Å². The molecule has 1 aliphatic rings. The minimum Gasteiger partial charge on any atom is -0.395 e. The van der Waals surface area contributed by atoms with Gasteiger partial charge in [0, 0.05) is 26.2 Å². The first-order valence-corrected chi connectivity index (χ1v) is 6.29. The number of aliphatic hydroxyl groups is 2. The van der Waals surface area contributed by atoms with E-state index in [1.807, 2.05) is 0 Å². The van der Waals surface area contributed by atoms with Gasteiger partial charge in [0.2, 0.25) is 0 Å². The highest BCUT2D eigenvalue weighted by molar-refractivity contribution is 4.77. The van der Waals surface area contributed by atoms with Gasteiger partial charge in [-0.1, -0.05) is 19.3 Å². The Morgan fingerprint density at radius 2 is 2.00 bits per heavy atom. The van der Waals surface area contributed by atoms with Crippen molar-refractivity contribution in [1.29, 1.82) is 0 Å². The van der Waals surface area contributed by atoms with Crippen LogP contribution in [0.5, 0.6) is 0 Å². The van der Waals surface area contributed by atoms with Crippen LogP contribution in [-0.4, -0.2) is 60.7 Å². The average molecular weight is 231 g/mol. The van der Waals surface area contributed by atoms with Crippen molar-refractivity contribution in [2.75, 3.05) is 33.4 Å². The Balaban J connectivity index is 2.38. The largest absolute Gasteiger partial charge is 0.395 e. The summed E-state index contributed by atoms with van der Waals surface area (Å²) < 4.78 is 4.93. The second kappa shape index (κ2) is 8.01. The van der Waals surface area contributed by atoms with Crippen molar-refractivity contribution >= 4 is 0 Å². The highest BCUT2D eigenvalue weighted by Crippen LogP contribution is 2.22. The summed E-state index contributed by atoms with van der Waals surface area (Å²) in [4.78, 5) is 2.21. The van der Waals surface area contributed by atoms with Crippen LogP contribution in [-0.2, 0) is 4.74 Å². The molecule has 1 rings (SSSR count). The Morgan fingerprint density at radius 1 is 1.31 bits per heavy atom. The van der Waals surface area contributed by atoms with Gasteiger partial charge in [0.15, 0.2) is 0 Å². The zero-order valence-electron chi connectivity index (χ0n) is 10.3. The Bertz CT molecular complexity index is 172. The van der Waals surface area contributed by atoms with E-state index in [2.05, 4.69) is 4.90 Å². The highest BCUT2D eigenvalue weighted by atomic mass is 16.5. The highest BCUT2D eigenvalue weighted by Gasteiger charge is 2.22. The van der Waals surface area contributed by atoms with E-state index in [1.54, 1.807) is 7.11 Å². The van der Waals surface area contributed by atoms with Crippen molar-refractivity contribution in [3.05, 3.63) is 0 Å². The molecule has 16 heavy (non-hydrogen) atoms. The summed E-state index contributed by atoms with van der Waals surface area (Å²) in [5, 5.41) is 18.8. The number of rotatable bonds is 7. The molecule has 0 aromatic carbocycles. The van der Waals surface area contributed by atoms with Gasteiger partial charge in [-0.15, -0.1) is 0 Å². The normalized spacial score (nSPS) is 20.2. The molecule has 4 nitrogen and oxygen atoms in total. The van der Waals surface area contributed by atoms with E-state index in [1.165, 1.54) is 32.1 Å². The van der Waals surface area contributed by atoms with Gasteiger partial charge in [0.1, 0.15) is 0 Å². The van der Waals surface area contributed by atoms with Gasteiger partial charge >= 0.3 is 0 Å². The first-order chi connectivity index (χ1) is 7.77. The first kappa shape index (κ1) is 13.9. The molecule has 0 aliphatic heterocycles. The van der Waals surface area contributed by atoms with Gasteiger partial charge in [0.25, 0.3) is 0 Å². The standard InChI is InChI=1S/C12H25NO3/c1-16-10-12(15)9-13(7-8-14)11-5-3-2-4-6-11/h11-12,14-15H,2-10H2,1H3. The molecule has 1 saturated carbocycles. The molecule has 1 unspecified atom stereocenters. The monoisotopic (exact) mass is 231 g/mol. The maximum Gasteiger partial charge on any atom is 0.0900 e. The van der Waals surface area contributed by atoms with Crippen LogP contribution in [0, 0.1) is 0 Å². The molecular weight excluding hydrogens is 206 g/mol. The maximum absolute atomic E-state index is 9.73. The lowest BCUT2D eigenvalue weighted by Gasteiger charge is -2.35. The topological polar surface area (TPSA) is 52.9 Å². The summed E-state index contributed by atoms with van der Waals surface area (Å²) in [5.74, 6) is 0. The number of hydrogen-bond donors (Lipinski definition) is 2. The zero-order valence-corrected chi connectivity index (χ0v) is 10.3. The fourth-order valence-corrected chi connectivity index (χ4v) is 2.51. The van der Waals surface area contributed by atoms with E-state index in [9.17, 15) is 5.11 Å². The summed E-state index contributed by atoms with van der Waals surface area (Å²) in [5.41, 5.74) is 0. The van der Waals surface area contributed by atoms with Gasteiger partial charge in [-0.3, -0.25) is 4.90 Å². The van der Waals surface area contributed by atoms with Crippen LogP contribution in [0.15, 0.2) is 0 Å². The maximum atomic E-state index is 9.73. The third-order valence-electron chi connectivity index (χ3n) is 3.28. The molecule has 0 heterocycles. The van der Waals surface area contributed by atoms with Crippen molar-refractivity contribution in [3.8, 4) is 0 Å². The summed E-state index contributed by atoms with van der Waals surface area (Å²) in [7, 11) is 1.60. The summed E-state index contributed by atoms with van der Waals surface area (Å²) in [6.07, 6.45) is 5.81. The van der Waals surface area contributed by atoms with Crippen molar-refractivity contribution in [3.63, 3.8) is 0 Å². The molecule has 1 aliphatic carbocycles. The number of hydrogen-bond acceptors (Lipinski definition) is 4. The van der Waals surface area contributed by atoms with Crippen LogP contribution in [0.2, 0.25) is 0 Å². The lowest BCUT2D eigenvalue weighted by Crippen LogP contribution is -2.44. The lowest BCUT2D eigenvalue weighted by atomic mass is 9.94. The molecule has 0 aromatic heterocycles.